The van der Waals surface area contributed by atoms with Gasteiger partial charge in [0.1, 0.15) is 19.0 Å². The van der Waals surface area contributed by atoms with E-state index in [1.165, 1.54) is 0 Å². The van der Waals surface area contributed by atoms with Crippen LogP contribution < -0.4 is 4.74 Å². The molecule has 0 unspecified atom stereocenters. The minimum atomic E-state index is -1.39. The highest BCUT2D eigenvalue weighted by atomic mass is 16.7. The summed E-state index contributed by atoms with van der Waals surface area (Å²) in [5, 5.41) is 31.5. The number of ketones is 2. The summed E-state index contributed by atoms with van der Waals surface area (Å²) < 4.78 is 19.3. The zero-order valence-electron chi connectivity index (χ0n) is 25.1. The Bertz CT molecular complexity index is 1550. The molecule has 3 saturated carbocycles. The standard InChI is InChI=1S/C36H40O8/c1-34-12-11-25(39)15-24(34)9-10-27-28-16-31-36(30(41)19-38,35(28,2)17-29(40)32(27)34)44-33(43-31)23-7-3-6-22(13-23)20-42-26-8-4-5-21(14-26)18-37/h3-8,11-15,27-29,31-33,37-38,40H,9-10,16-20H2,1-2H3/t27-,28-,29-,31+,32+,33+,34-,35-,36+/m0/s1. The summed E-state index contributed by atoms with van der Waals surface area (Å²) in [6.07, 6.45) is 5.73. The molecule has 3 N–H and O–H groups in total. The molecule has 1 saturated heterocycles. The smallest absolute Gasteiger partial charge is 0.193 e. The van der Waals surface area contributed by atoms with Crippen molar-refractivity contribution in [2.45, 2.75) is 76.8 Å². The summed E-state index contributed by atoms with van der Waals surface area (Å²) in [7, 11) is 0. The number of hydrogen-bond donors (Lipinski definition) is 3. The molecule has 0 aromatic heterocycles. The Morgan fingerprint density at radius 1 is 1.09 bits per heavy atom. The van der Waals surface area contributed by atoms with Gasteiger partial charge in [0.05, 0.1) is 18.8 Å². The highest BCUT2D eigenvalue weighted by molar-refractivity contribution is 6.01. The van der Waals surface area contributed by atoms with Crippen molar-refractivity contribution in [1.29, 1.82) is 0 Å². The Morgan fingerprint density at radius 3 is 2.68 bits per heavy atom. The van der Waals surface area contributed by atoms with Crippen LogP contribution in [0.3, 0.4) is 0 Å². The Labute approximate surface area is 257 Å². The molecule has 4 aliphatic carbocycles. The molecule has 8 nitrogen and oxygen atoms in total. The number of fused-ring (bicyclic) bond motifs is 7. The molecule has 7 rings (SSSR count). The van der Waals surface area contributed by atoms with Crippen LogP contribution in [0.25, 0.3) is 0 Å². The molecule has 0 bridgehead atoms. The number of hydrogen-bond acceptors (Lipinski definition) is 8. The second-order valence-corrected chi connectivity index (χ2v) is 13.7. The number of carbonyl (C=O) groups excluding carboxylic acids is 2. The quantitative estimate of drug-likeness (QED) is 0.429. The van der Waals surface area contributed by atoms with Gasteiger partial charge in [0.15, 0.2) is 23.5 Å². The molecule has 8 heteroatoms. The fraction of sp³-hybridized carbons (Fsp3) is 0.500. The van der Waals surface area contributed by atoms with Crippen molar-refractivity contribution >= 4 is 11.6 Å². The van der Waals surface area contributed by atoms with Gasteiger partial charge >= 0.3 is 0 Å². The monoisotopic (exact) mass is 600 g/mol. The van der Waals surface area contributed by atoms with Gasteiger partial charge in [-0.15, -0.1) is 0 Å². The molecule has 1 heterocycles. The summed E-state index contributed by atoms with van der Waals surface area (Å²) in [4.78, 5) is 26.0. The molecular formula is C36H40O8. The Kier molecular flexibility index (Phi) is 7.22. The van der Waals surface area contributed by atoms with Gasteiger partial charge in [0, 0.05) is 22.3 Å². The Morgan fingerprint density at radius 2 is 1.89 bits per heavy atom. The van der Waals surface area contributed by atoms with E-state index in [2.05, 4.69) is 6.92 Å². The lowest BCUT2D eigenvalue weighted by Gasteiger charge is -2.59. The molecule has 2 aromatic carbocycles. The largest absolute Gasteiger partial charge is 0.489 e. The molecule has 2 aromatic rings. The lowest BCUT2D eigenvalue weighted by molar-refractivity contribution is -0.201. The summed E-state index contributed by atoms with van der Waals surface area (Å²) in [5.41, 5.74) is 0.918. The number of carbonyl (C=O) groups is 2. The summed E-state index contributed by atoms with van der Waals surface area (Å²) in [6, 6.07) is 15.0. The van der Waals surface area contributed by atoms with E-state index in [9.17, 15) is 24.9 Å². The topological polar surface area (TPSA) is 123 Å². The second kappa shape index (κ2) is 10.7. The maximum Gasteiger partial charge on any atom is 0.193 e. The number of ether oxygens (including phenoxy) is 3. The van der Waals surface area contributed by atoms with Gasteiger partial charge in [0.25, 0.3) is 0 Å². The fourth-order valence-corrected chi connectivity index (χ4v) is 9.56. The normalized spacial score (nSPS) is 38.8. The molecule has 44 heavy (non-hydrogen) atoms. The molecular weight excluding hydrogens is 560 g/mol. The number of allylic oxidation sites excluding steroid dienone is 4. The first kappa shape index (κ1) is 29.6. The lowest BCUT2D eigenvalue weighted by Crippen LogP contribution is -2.63. The van der Waals surface area contributed by atoms with Crippen molar-refractivity contribution in [1.82, 2.24) is 0 Å². The first-order chi connectivity index (χ1) is 21.1. The van der Waals surface area contributed by atoms with Crippen molar-refractivity contribution < 1.29 is 39.1 Å². The first-order valence-electron chi connectivity index (χ1n) is 15.6. The molecule has 232 valence electrons. The van der Waals surface area contributed by atoms with Crippen LogP contribution in [0.1, 0.15) is 62.5 Å². The van der Waals surface area contributed by atoms with Crippen molar-refractivity contribution in [3.05, 3.63) is 89.0 Å². The molecule has 4 fully saturated rings. The van der Waals surface area contributed by atoms with E-state index >= 15 is 0 Å². The Hall–Kier alpha value is -3.14. The van der Waals surface area contributed by atoms with Crippen molar-refractivity contribution in [2.24, 2.45) is 28.6 Å². The van der Waals surface area contributed by atoms with E-state index in [-0.39, 0.29) is 30.1 Å². The summed E-state index contributed by atoms with van der Waals surface area (Å²) in [5.74, 6) is 0.294. The third-order valence-electron chi connectivity index (χ3n) is 11.5. The third kappa shape index (κ3) is 4.30. The SMILES string of the molecule is C[C@]12C=CC(=O)C=C1CC[C@@H]1[C@@H]2[C@@H](O)C[C@@]2(C)[C@H]1C[C@H]1O[C@@H](c3cccc(COc4cccc(CO)c4)c3)O[C@]12C(=O)CO. The average molecular weight is 601 g/mol. The van der Waals surface area contributed by atoms with E-state index in [1.807, 2.05) is 55.5 Å². The van der Waals surface area contributed by atoms with Gasteiger partial charge in [-0.25, -0.2) is 0 Å². The Balaban J connectivity index is 1.16. The number of aliphatic hydroxyl groups is 3. The van der Waals surface area contributed by atoms with Crippen LogP contribution in [0, 0.1) is 28.6 Å². The van der Waals surface area contributed by atoms with Crippen LogP contribution in [0.15, 0.2) is 72.3 Å². The van der Waals surface area contributed by atoms with Crippen LogP contribution in [0.4, 0.5) is 0 Å². The van der Waals surface area contributed by atoms with Crippen LogP contribution in [-0.2, 0) is 32.3 Å². The average Bonchev–Trinajstić information content (AvgIpc) is 3.53. The minimum absolute atomic E-state index is 0.00618. The van der Waals surface area contributed by atoms with Gasteiger partial charge in [-0.2, -0.15) is 0 Å². The van der Waals surface area contributed by atoms with Crippen LogP contribution >= 0.6 is 0 Å². The fourth-order valence-electron chi connectivity index (χ4n) is 9.56. The molecule has 9 atom stereocenters. The van der Waals surface area contributed by atoms with Gasteiger partial charge in [-0.3, -0.25) is 9.59 Å². The van der Waals surface area contributed by atoms with E-state index in [0.29, 0.717) is 25.2 Å². The van der Waals surface area contributed by atoms with Crippen LogP contribution in [0.2, 0.25) is 0 Å². The van der Waals surface area contributed by atoms with Crippen LogP contribution in [0.5, 0.6) is 5.75 Å². The molecule has 0 spiro atoms. The van der Waals surface area contributed by atoms with Gasteiger partial charge in [0.2, 0.25) is 0 Å². The second-order valence-electron chi connectivity index (χ2n) is 13.7. The van der Waals surface area contributed by atoms with Gasteiger partial charge < -0.3 is 29.5 Å². The van der Waals surface area contributed by atoms with Crippen molar-refractivity contribution in [3.63, 3.8) is 0 Å². The van der Waals surface area contributed by atoms with E-state index < -0.39 is 47.3 Å². The summed E-state index contributed by atoms with van der Waals surface area (Å²) >= 11 is 0. The van der Waals surface area contributed by atoms with Gasteiger partial charge in [-0.1, -0.05) is 55.8 Å². The summed E-state index contributed by atoms with van der Waals surface area (Å²) in [6.45, 7) is 3.72. The molecule has 5 aliphatic rings. The zero-order chi connectivity index (χ0) is 30.9. The number of benzene rings is 2. The van der Waals surface area contributed by atoms with Gasteiger partial charge in [-0.05, 0) is 79.0 Å². The maximum atomic E-state index is 13.8. The predicted molar refractivity (Wildman–Crippen MR) is 160 cm³/mol. The predicted octanol–water partition coefficient (Wildman–Crippen LogP) is 4.36. The molecule has 0 radical (unpaired) electrons. The maximum absolute atomic E-state index is 13.8. The van der Waals surface area contributed by atoms with Crippen molar-refractivity contribution in [3.8, 4) is 5.75 Å². The number of Topliss-reactive ketones (excluding diaryl/α,β-unsaturated/α-hetero) is 1. The van der Waals surface area contributed by atoms with Crippen molar-refractivity contribution in [2.75, 3.05) is 6.61 Å². The van der Waals surface area contributed by atoms with E-state index in [4.69, 9.17) is 14.2 Å². The molecule has 1 aliphatic heterocycles. The third-order valence-corrected chi connectivity index (χ3v) is 11.5. The minimum Gasteiger partial charge on any atom is -0.489 e. The lowest BCUT2D eigenvalue weighted by atomic mass is 9.46. The number of aliphatic hydroxyl groups excluding tert-OH is 3. The zero-order valence-corrected chi connectivity index (χ0v) is 25.1. The van der Waals surface area contributed by atoms with E-state index in [1.54, 1.807) is 18.2 Å². The van der Waals surface area contributed by atoms with Crippen LogP contribution in [-0.4, -0.2) is 51.3 Å². The van der Waals surface area contributed by atoms with E-state index in [0.717, 1.165) is 35.1 Å². The molecule has 0 amide bonds. The number of rotatable bonds is 7. The highest BCUT2D eigenvalue weighted by Gasteiger charge is 2.75. The highest BCUT2D eigenvalue weighted by Crippen LogP contribution is 2.70. The first-order valence-corrected chi connectivity index (χ1v) is 15.6.